The fraction of sp³-hybridized carbons (Fsp3) is 0.423. The Morgan fingerprint density at radius 2 is 1.65 bits per heavy atom. The zero-order chi connectivity index (χ0) is 24.1. The predicted molar refractivity (Wildman–Crippen MR) is 125 cm³/mol. The van der Waals surface area contributed by atoms with E-state index in [4.69, 9.17) is 9.47 Å². The number of carbonyl (C=O) groups excluding carboxylic acids is 2. The van der Waals surface area contributed by atoms with Crippen molar-refractivity contribution in [3.63, 3.8) is 0 Å². The van der Waals surface area contributed by atoms with Crippen LogP contribution >= 0.6 is 0 Å². The van der Waals surface area contributed by atoms with Gasteiger partial charge in [-0.3, -0.25) is 9.59 Å². The van der Waals surface area contributed by atoms with Gasteiger partial charge in [-0.1, -0.05) is 55.5 Å². The summed E-state index contributed by atoms with van der Waals surface area (Å²) in [6.45, 7) is 2.69. The zero-order valence-electron chi connectivity index (χ0n) is 19.2. The van der Waals surface area contributed by atoms with Gasteiger partial charge in [0.05, 0.1) is 12.0 Å². The fourth-order valence-electron chi connectivity index (χ4n) is 4.88. The van der Waals surface area contributed by atoms with Crippen LogP contribution < -0.4 is 10.6 Å². The standard InChI is InChI=1S/C26H30N2O6/c1-2-22(24(31)28-26(15-23(29)30)11-13-33-14-12-26)27-25(32)34-16-21-19-9-5-3-7-17(19)18-8-4-6-10-20(18)21/h3-10,21-22H,2,11-16H2,1H3,(H,27,32)(H,28,31)(H,29,30)/t22-/m1/s1. The number of hydrogen-bond donors (Lipinski definition) is 3. The summed E-state index contributed by atoms with van der Waals surface area (Å²) in [5.41, 5.74) is 3.61. The number of carboxylic acid groups (broad SMARTS) is 1. The number of carbonyl (C=O) groups is 3. The van der Waals surface area contributed by atoms with Crippen molar-refractivity contribution >= 4 is 18.0 Å². The molecule has 2 amide bonds. The van der Waals surface area contributed by atoms with Crippen LogP contribution in [0.2, 0.25) is 0 Å². The maximum absolute atomic E-state index is 12.9. The van der Waals surface area contributed by atoms with Gasteiger partial charge < -0.3 is 25.2 Å². The molecule has 1 aliphatic carbocycles. The fourth-order valence-corrected chi connectivity index (χ4v) is 4.88. The third-order valence-corrected chi connectivity index (χ3v) is 6.69. The first kappa shape index (κ1) is 23.8. The molecular weight excluding hydrogens is 436 g/mol. The highest BCUT2D eigenvalue weighted by atomic mass is 16.5. The van der Waals surface area contributed by atoms with E-state index in [0.717, 1.165) is 22.3 Å². The lowest BCUT2D eigenvalue weighted by Gasteiger charge is -2.37. The molecule has 0 radical (unpaired) electrons. The smallest absolute Gasteiger partial charge is 0.407 e. The average molecular weight is 467 g/mol. The van der Waals surface area contributed by atoms with Gasteiger partial charge in [-0.05, 0) is 41.5 Å². The zero-order valence-corrected chi connectivity index (χ0v) is 19.2. The maximum Gasteiger partial charge on any atom is 0.407 e. The summed E-state index contributed by atoms with van der Waals surface area (Å²) < 4.78 is 10.9. The van der Waals surface area contributed by atoms with Crippen LogP contribution in [0.1, 0.15) is 49.7 Å². The first-order chi connectivity index (χ1) is 16.4. The molecule has 4 rings (SSSR count). The summed E-state index contributed by atoms with van der Waals surface area (Å²) in [5, 5.41) is 14.8. The van der Waals surface area contributed by atoms with Gasteiger partial charge in [0.15, 0.2) is 0 Å². The van der Waals surface area contributed by atoms with Gasteiger partial charge in [-0.25, -0.2) is 4.79 Å². The van der Waals surface area contributed by atoms with Gasteiger partial charge in [-0.2, -0.15) is 0 Å². The molecule has 1 aliphatic heterocycles. The van der Waals surface area contributed by atoms with Crippen LogP contribution in [0.25, 0.3) is 11.1 Å². The molecule has 180 valence electrons. The minimum atomic E-state index is -0.986. The van der Waals surface area contributed by atoms with Gasteiger partial charge >= 0.3 is 12.1 Å². The van der Waals surface area contributed by atoms with Crippen molar-refractivity contribution in [2.75, 3.05) is 19.8 Å². The molecule has 0 spiro atoms. The number of benzene rings is 2. The molecule has 1 saturated heterocycles. The molecule has 8 heteroatoms. The summed E-state index contributed by atoms with van der Waals surface area (Å²) >= 11 is 0. The number of aliphatic carboxylic acids is 1. The highest BCUT2D eigenvalue weighted by Crippen LogP contribution is 2.44. The van der Waals surface area contributed by atoms with Gasteiger partial charge in [-0.15, -0.1) is 0 Å². The summed E-state index contributed by atoms with van der Waals surface area (Å²) in [7, 11) is 0. The Morgan fingerprint density at radius 1 is 1.06 bits per heavy atom. The number of ether oxygens (including phenoxy) is 2. The topological polar surface area (TPSA) is 114 Å². The third kappa shape index (κ3) is 5.07. The maximum atomic E-state index is 12.9. The largest absolute Gasteiger partial charge is 0.481 e. The van der Waals surface area contributed by atoms with Crippen molar-refractivity contribution < 1.29 is 29.0 Å². The number of fused-ring (bicyclic) bond motifs is 3. The summed E-state index contributed by atoms with van der Waals surface area (Å²) in [5.74, 6) is -1.48. The van der Waals surface area contributed by atoms with Crippen LogP contribution in [-0.2, 0) is 19.1 Å². The molecule has 1 atom stereocenters. The molecule has 8 nitrogen and oxygen atoms in total. The van der Waals surface area contributed by atoms with Gasteiger partial charge in [0.2, 0.25) is 5.91 Å². The van der Waals surface area contributed by atoms with Crippen LogP contribution in [0.3, 0.4) is 0 Å². The normalized spacial score (nSPS) is 17.2. The SMILES string of the molecule is CC[C@@H](NC(=O)OCC1c2ccccc2-c2ccccc21)C(=O)NC1(CC(=O)O)CCOCC1. The van der Waals surface area contributed by atoms with Gasteiger partial charge in [0.1, 0.15) is 12.6 Å². The van der Waals surface area contributed by atoms with Crippen molar-refractivity contribution in [1.82, 2.24) is 10.6 Å². The first-order valence-electron chi connectivity index (χ1n) is 11.7. The molecule has 3 N–H and O–H groups in total. The second-order valence-electron chi connectivity index (χ2n) is 8.88. The number of hydrogen-bond acceptors (Lipinski definition) is 5. The van der Waals surface area contributed by atoms with Gasteiger partial charge in [0.25, 0.3) is 0 Å². The van der Waals surface area contributed by atoms with E-state index in [9.17, 15) is 19.5 Å². The Bertz CT molecular complexity index is 1020. The van der Waals surface area contributed by atoms with Crippen molar-refractivity contribution in [3.8, 4) is 11.1 Å². The number of rotatable bonds is 8. The Hall–Kier alpha value is -3.39. The number of carboxylic acids is 1. The van der Waals surface area contributed by atoms with E-state index in [0.29, 0.717) is 32.5 Å². The van der Waals surface area contributed by atoms with Crippen LogP contribution in [0.15, 0.2) is 48.5 Å². The van der Waals surface area contributed by atoms with Gasteiger partial charge in [0, 0.05) is 19.1 Å². The quantitative estimate of drug-likeness (QED) is 0.549. The van der Waals surface area contributed by atoms with E-state index in [2.05, 4.69) is 22.8 Å². The lowest BCUT2D eigenvalue weighted by molar-refractivity contribution is -0.140. The molecule has 2 aromatic rings. The van der Waals surface area contributed by atoms with E-state index in [1.165, 1.54) is 0 Å². The van der Waals surface area contributed by atoms with Crippen molar-refractivity contribution in [3.05, 3.63) is 59.7 Å². The Kier molecular flexibility index (Phi) is 7.17. The number of alkyl carbamates (subject to hydrolysis) is 1. The van der Waals surface area contributed by atoms with Crippen LogP contribution in [-0.4, -0.2) is 54.5 Å². The molecule has 0 aromatic heterocycles. The first-order valence-corrected chi connectivity index (χ1v) is 11.7. The van der Waals surface area contributed by atoms with E-state index < -0.39 is 29.6 Å². The molecule has 1 heterocycles. The molecule has 0 unspecified atom stereocenters. The van der Waals surface area contributed by atoms with E-state index in [-0.39, 0.29) is 18.9 Å². The molecular formula is C26H30N2O6. The van der Waals surface area contributed by atoms with E-state index in [1.54, 1.807) is 6.92 Å². The summed E-state index contributed by atoms with van der Waals surface area (Å²) in [4.78, 5) is 36.9. The van der Waals surface area contributed by atoms with E-state index in [1.807, 2.05) is 36.4 Å². The predicted octanol–water partition coefficient (Wildman–Crippen LogP) is 3.44. The Morgan fingerprint density at radius 3 is 2.21 bits per heavy atom. The number of amides is 2. The molecule has 2 aliphatic rings. The molecule has 0 saturated carbocycles. The molecule has 1 fully saturated rings. The summed E-state index contributed by atoms with van der Waals surface area (Å²) in [6.07, 6.45) is 0.293. The Balaban J connectivity index is 1.38. The van der Waals surface area contributed by atoms with Crippen LogP contribution in [0.5, 0.6) is 0 Å². The second-order valence-corrected chi connectivity index (χ2v) is 8.88. The third-order valence-electron chi connectivity index (χ3n) is 6.69. The van der Waals surface area contributed by atoms with Crippen molar-refractivity contribution in [1.29, 1.82) is 0 Å². The highest BCUT2D eigenvalue weighted by Gasteiger charge is 2.38. The highest BCUT2D eigenvalue weighted by molar-refractivity contribution is 5.87. The second kappa shape index (κ2) is 10.3. The molecule has 0 bridgehead atoms. The van der Waals surface area contributed by atoms with Crippen LogP contribution in [0.4, 0.5) is 4.79 Å². The van der Waals surface area contributed by atoms with Crippen LogP contribution in [0, 0.1) is 0 Å². The lowest BCUT2D eigenvalue weighted by Crippen LogP contribution is -2.58. The monoisotopic (exact) mass is 466 g/mol. The minimum absolute atomic E-state index is 0.0758. The number of nitrogens with one attached hydrogen (secondary N) is 2. The minimum Gasteiger partial charge on any atom is -0.481 e. The lowest BCUT2D eigenvalue weighted by atomic mass is 9.86. The van der Waals surface area contributed by atoms with E-state index >= 15 is 0 Å². The molecule has 34 heavy (non-hydrogen) atoms. The summed E-state index contributed by atoms with van der Waals surface area (Å²) in [6, 6.07) is 15.3. The molecule has 2 aromatic carbocycles. The van der Waals surface area contributed by atoms with Crippen molar-refractivity contribution in [2.24, 2.45) is 0 Å². The Labute approximate surface area is 198 Å². The average Bonchev–Trinajstić information content (AvgIpc) is 3.15. The van der Waals surface area contributed by atoms with Crippen molar-refractivity contribution in [2.45, 2.75) is 50.1 Å².